The average Bonchev–Trinajstić information content (AvgIpc) is 3.45. The van der Waals surface area contributed by atoms with Crippen LogP contribution in [0.5, 0.6) is 23.0 Å². The zero-order valence-electron chi connectivity index (χ0n) is 21.3. The van der Waals surface area contributed by atoms with Crippen molar-refractivity contribution in [1.29, 1.82) is 0 Å². The van der Waals surface area contributed by atoms with Crippen LogP contribution in [0.4, 0.5) is 0 Å². The monoisotopic (exact) mass is 575 g/mol. The number of hydrogen-bond acceptors (Lipinski definition) is 6. The van der Waals surface area contributed by atoms with Crippen LogP contribution in [-0.4, -0.2) is 24.3 Å². The second-order valence-corrected chi connectivity index (χ2v) is 10.1. The van der Waals surface area contributed by atoms with Gasteiger partial charge in [-0.05, 0) is 62.4 Å². The molecule has 0 unspecified atom stereocenters. The molecule has 7 nitrogen and oxygen atoms in total. The summed E-state index contributed by atoms with van der Waals surface area (Å²) in [6, 6.07) is 13.5. The van der Waals surface area contributed by atoms with E-state index >= 15 is 0 Å². The molecule has 0 amide bonds. The van der Waals surface area contributed by atoms with Gasteiger partial charge in [-0.2, -0.15) is 0 Å². The van der Waals surface area contributed by atoms with E-state index in [4.69, 9.17) is 23.7 Å². The molecule has 38 heavy (non-hydrogen) atoms. The van der Waals surface area contributed by atoms with Gasteiger partial charge < -0.3 is 28.3 Å². The van der Waals surface area contributed by atoms with Gasteiger partial charge in [0, 0.05) is 50.4 Å². The van der Waals surface area contributed by atoms with Crippen LogP contribution >= 0.6 is 15.9 Å². The van der Waals surface area contributed by atoms with E-state index in [1.165, 1.54) is 0 Å². The Balaban J connectivity index is 1.29. The van der Waals surface area contributed by atoms with Crippen molar-refractivity contribution < 1.29 is 28.5 Å². The molecule has 3 aromatic carbocycles. The van der Waals surface area contributed by atoms with Gasteiger partial charge >= 0.3 is 0 Å². The van der Waals surface area contributed by atoms with Crippen molar-refractivity contribution in [2.24, 2.45) is 0 Å². The van der Waals surface area contributed by atoms with Gasteiger partial charge in [-0.1, -0.05) is 15.9 Å². The third-order valence-electron chi connectivity index (χ3n) is 6.92. The lowest BCUT2D eigenvalue weighted by Crippen LogP contribution is -2.14. The Labute approximate surface area is 228 Å². The largest absolute Gasteiger partial charge is 0.497 e. The number of allylic oxidation sites excluding steroid dienone is 1. The third kappa shape index (κ3) is 4.23. The van der Waals surface area contributed by atoms with Gasteiger partial charge in [-0.15, -0.1) is 0 Å². The normalized spacial score (nSPS) is 15.3. The van der Waals surface area contributed by atoms with Crippen LogP contribution in [0, 0.1) is 6.92 Å². The number of halogens is 1. The number of fused-ring (bicyclic) bond motifs is 3. The van der Waals surface area contributed by atoms with Gasteiger partial charge in [0.1, 0.15) is 29.6 Å². The molecular weight excluding hydrogens is 550 g/mol. The fraction of sp³-hybridized carbons (Fsp3) is 0.233. The van der Waals surface area contributed by atoms with Crippen LogP contribution in [0.2, 0.25) is 0 Å². The molecule has 2 aliphatic rings. The molecule has 0 N–H and O–H groups in total. The highest BCUT2D eigenvalue weighted by Gasteiger charge is 2.30. The van der Waals surface area contributed by atoms with Crippen LogP contribution in [0.1, 0.15) is 39.5 Å². The quantitative estimate of drug-likeness (QED) is 0.235. The molecule has 0 radical (unpaired) electrons. The average molecular weight is 576 g/mol. The lowest BCUT2D eigenvalue weighted by molar-refractivity contribution is -0.0176. The predicted molar refractivity (Wildman–Crippen MR) is 147 cm³/mol. The SMILES string of the molecule is CCn1cc(/C=C2\Oc3c(ccc(OCc4cc(Br)cc5c4OCOC5)c3C)C2=O)c2cc(OC)ccc21. The van der Waals surface area contributed by atoms with E-state index in [2.05, 4.69) is 27.4 Å². The second kappa shape index (κ2) is 9.85. The van der Waals surface area contributed by atoms with E-state index in [9.17, 15) is 4.79 Å². The smallest absolute Gasteiger partial charge is 0.231 e. The maximum atomic E-state index is 13.3. The second-order valence-electron chi connectivity index (χ2n) is 9.21. The molecule has 6 rings (SSSR count). The summed E-state index contributed by atoms with van der Waals surface area (Å²) >= 11 is 3.55. The fourth-order valence-corrected chi connectivity index (χ4v) is 5.55. The van der Waals surface area contributed by atoms with Crippen molar-refractivity contribution in [3.05, 3.63) is 86.7 Å². The molecule has 0 fully saturated rings. The number of rotatable bonds is 6. The van der Waals surface area contributed by atoms with Crippen LogP contribution < -0.4 is 18.9 Å². The summed E-state index contributed by atoms with van der Waals surface area (Å²) in [5.74, 6) is 2.85. The van der Waals surface area contributed by atoms with E-state index in [0.717, 1.165) is 55.7 Å². The number of nitrogens with zero attached hydrogens (tertiary/aromatic N) is 1. The molecule has 0 saturated carbocycles. The highest BCUT2D eigenvalue weighted by atomic mass is 79.9. The predicted octanol–water partition coefficient (Wildman–Crippen LogP) is 6.80. The first-order chi connectivity index (χ1) is 18.5. The number of ketones is 1. The van der Waals surface area contributed by atoms with Crippen molar-refractivity contribution in [3.8, 4) is 23.0 Å². The lowest BCUT2D eigenvalue weighted by atomic mass is 10.1. The Bertz CT molecular complexity index is 1620. The first kappa shape index (κ1) is 24.6. The number of ether oxygens (including phenoxy) is 5. The summed E-state index contributed by atoms with van der Waals surface area (Å²) in [6.07, 6.45) is 3.84. The maximum Gasteiger partial charge on any atom is 0.231 e. The van der Waals surface area contributed by atoms with Gasteiger partial charge in [0.15, 0.2) is 12.6 Å². The molecule has 2 aliphatic heterocycles. The third-order valence-corrected chi connectivity index (χ3v) is 7.38. The molecule has 3 heterocycles. The van der Waals surface area contributed by atoms with Crippen molar-refractivity contribution in [1.82, 2.24) is 4.57 Å². The van der Waals surface area contributed by atoms with Crippen molar-refractivity contribution >= 4 is 38.7 Å². The van der Waals surface area contributed by atoms with E-state index in [1.54, 1.807) is 13.2 Å². The van der Waals surface area contributed by atoms with Gasteiger partial charge in [0.25, 0.3) is 0 Å². The van der Waals surface area contributed by atoms with Gasteiger partial charge in [-0.3, -0.25) is 4.79 Å². The highest BCUT2D eigenvalue weighted by molar-refractivity contribution is 9.10. The minimum Gasteiger partial charge on any atom is -0.497 e. The molecule has 0 saturated heterocycles. The molecule has 8 heteroatoms. The minimum absolute atomic E-state index is 0.149. The van der Waals surface area contributed by atoms with Crippen molar-refractivity contribution in [2.45, 2.75) is 33.6 Å². The molecule has 0 atom stereocenters. The summed E-state index contributed by atoms with van der Waals surface area (Å²) < 4.78 is 32.0. The van der Waals surface area contributed by atoms with Crippen molar-refractivity contribution in [2.75, 3.05) is 13.9 Å². The Morgan fingerprint density at radius 1 is 1.13 bits per heavy atom. The van der Waals surface area contributed by atoms with Gasteiger partial charge in [-0.25, -0.2) is 0 Å². The molecule has 0 bridgehead atoms. The van der Waals surface area contributed by atoms with E-state index in [0.29, 0.717) is 30.3 Å². The van der Waals surface area contributed by atoms with Crippen LogP contribution in [0.25, 0.3) is 17.0 Å². The Hall–Kier alpha value is -3.75. The minimum atomic E-state index is -0.149. The molecule has 1 aromatic heterocycles. The van der Waals surface area contributed by atoms with Crippen LogP contribution in [0.15, 0.2) is 58.9 Å². The number of carbonyl (C=O) groups is 1. The first-order valence-corrected chi connectivity index (χ1v) is 13.2. The summed E-state index contributed by atoms with van der Waals surface area (Å²) in [5.41, 5.74) is 5.15. The van der Waals surface area contributed by atoms with Crippen LogP contribution in [0.3, 0.4) is 0 Å². The summed E-state index contributed by atoms with van der Waals surface area (Å²) in [6.45, 7) is 5.81. The molecule has 194 valence electrons. The Morgan fingerprint density at radius 3 is 2.82 bits per heavy atom. The van der Waals surface area contributed by atoms with E-state index < -0.39 is 0 Å². The summed E-state index contributed by atoms with van der Waals surface area (Å²) in [4.78, 5) is 13.3. The summed E-state index contributed by atoms with van der Waals surface area (Å²) in [7, 11) is 1.64. The van der Waals surface area contributed by atoms with E-state index in [1.807, 2.05) is 55.6 Å². The molecular formula is C30H26BrNO6. The number of hydrogen-bond donors (Lipinski definition) is 0. The maximum absolute atomic E-state index is 13.3. The van der Waals surface area contributed by atoms with Crippen LogP contribution in [-0.2, 0) is 24.5 Å². The molecule has 0 spiro atoms. The lowest BCUT2D eigenvalue weighted by Gasteiger charge is -2.21. The number of aryl methyl sites for hydroxylation is 1. The number of Topliss-reactive ketones (excluding diaryl/α,β-unsaturated/α-hetero) is 1. The highest BCUT2D eigenvalue weighted by Crippen LogP contribution is 2.41. The first-order valence-electron chi connectivity index (χ1n) is 12.4. The Kier molecular flexibility index (Phi) is 6.37. The fourth-order valence-electron chi connectivity index (χ4n) is 4.99. The number of carbonyl (C=O) groups excluding carboxylic acids is 1. The zero-order chi connectivity index (χ0) is 26.4. The van der Waals surface area contributed by atoms with Crippen molar-refractivity contribution in [3.63, 3.8) is 0 Å². The molecule has 4 aromatic rings. The molecule has 0 aliphatic carbocycles. The number of aromatic nitrogens is 1. The van der Waals surface area contributed by atoms with Gasteiger partial charge in [0.2, 0.25) is 5.78 Å². The summed E-state index contributed by atoms with van der Waals surface area (Å²) in [5, 5.41) is 0.997. The standard InChI is InChI=1S/C30H26BrNO6/c1-4-32-13-18(24-12-22(34-3)5-7-25(24)32)11-27-28(33)23-6-8-26(17(2)29(23)38-27)36-15-20-10-21(31)9-19-14-35-16-37-30(19)20/h5-13H,4,14-16H2,1-3H3/b27-11-. The van der Waals surface area contributed by atoms with E-state index in [-0.39, 0.29) is 18.3 Å². The topological polar surface area (TPSA) is 68.2 Å². The Morgan fingerprint density at radius 2 is 2.00 bits per heavy atom. The number of benzene rings is 3. The number of methoxy groups -OCH3 is 1. The van der Waals surface area contributed by atoms with Gasteiger partial charge in [0.05, 0.1) is 19.3 Å². The zero-order valence-corrected chi connectivity index (χ0v) is 22.9.